The zero-order valence-electron chi connectivity index (χ0n) is 15.3. The average molecular weight is 376 g/mol. The lowest BCUT2D eigenvalue weighted by atomic mass is 9.89. The van der Waals surface area contributed by atoms with Crippen LogP contribution in [0.1, 0.15) is 42.2 Å². The van der Waals surface area contributed by atoms with E-state index in [4.69, 9.17) is 25.8 Å². The number of nitrogens with one attached hydrogen (secondary N) is 1. The molecule has 1 aliphatic rings. The van der Waals surface area contributed by atoms with Crippen LogP contribution in [0, 0.1) is 0 Å². The summed E-state index contributed by atoms with van der Waals surface area (Å²) < 4.78 is 16.5. The molecule has 5 nitrogen and oxygen atoms in total. The summed E-state index contributed by atoms with van der Waals surface area (Å²) in [6.07, 6.45) is 0.642. The largest absolute Gasteiger partial charge is 0.497 e. The molecule has 0 fully saturated rings. The summed E-state index contributed by atoms with van der Waals surface area (Å²) in [5.41, 5.74) is 0.984. The number of carbonyl (C=O) groups is 1. The number of amides is 1. The molecule has 0 aromatic heterocycles. The summed E-state index contributed by atoms with van der Waals surface area (Å²) in [7, 11) is 3.15. The second-order valence-electron chi connectivity index (χ2n) is 6.85. The summed E-state index contributed by atoms with van der Waals surface area (Å²) >= 11 is 6.14. The Bertz CT molecular complexity index is 835. The molecule has 0 spiro atoms. The molecule has 1 N–H and O–H groups in total. The van der Waals surface area contributed by atoms with E-state index in [0.29, 0.717) is 22.8 Å². The van der Waals surface area contributed by atoms with Crippen molar-refractivity contribution in [2.45, 2.75) is 31.9 Å². The van der Waals surface area contributed by atoms with Crippen molar-refractivity contribution in [3.63, 3.8) is 0 Å². The maximum absolute atomic E-state index is 12.8. The molecule has 138 valence electrons. The fourth-order valence-corrected chi connectivity index (χ4v) is 3.40. The first-order valence-electron chi connectivity index (χ1n) is 8.34. The van der Waals surface area contributed by atoms with Gasteiger partial charge in [0.05, 0.1) is 25.3 Å². The van der Waals surface area contributed by atoms with Crippen molar-refractivity contribution >= 4 is 17.5 Å². The van der Waals surface area contributed by atoms with Gasteiger partial charge in [-0.15, -0.1) is 0 Å². The Balaban J connectivity index is 1.89. The molecule has 1 heterocycles. The third-order valence-corrected chi connectivity index (χ3v) is 4.69. The van der Waals surface area contributed by atoms with E-state index in [1.54, 1.807) is 25.3 Å². The van der Waals surface area contributed by atoms with E-state index in [1.807, 2.05) is 32.0 Å². The van der Waals surface area contributed by atoms with Gasteiger partial charge < -0.3 is 19.5 Å². The van der Waals surface area contributed by atoms with Crippen molar-refractivity contribution in [3.8, 4) is 17.2 Å². The van der Waals surface area contributed by atoms with Crippen LogP contribution in [0.15, 0.2) is 36.4 Å². The number of rotatable bonds is 4. The predicted octanol–water partition coefficient (Wildman–Crippen LogP) is 4.39. The lowest BCUT2D eigenvalue weighted by Gasteiger charge is -2.38. The van der Waals surface area contributed by atoms with E-state index in [9.17, 15) is 4.79 Å². The first-order chi connectivity index (χ1) is 12.3. The van der Waals surface area contributed by atoms with E-state index in [0.717, 1.165) is 17.1 Å². The Morgan fingerprint density at radius 1 is 1.19 bits per heavy atom. The minimum atomic E-state index is -0.392. The van der Waals surface area contributed by atoms with Crippen LogP contribution in [0.25, 0.3) is 0 Å². The van der Waals surface area contributed by atoms with Gasteiger partial charge in [-0.25, -0.2) is 0 Å². The molecule has 0 saturated heterocycles. The van der Waals surface area contributed by atoms with Crippen LogP contribution in [0.3, 0.4) is 0 Å². The van der Waals surface area contributed by atoms with Crippen molar-refractivity contribution in [1.82, 2.24) is 5.32 Å². The molecule has 0 radical (unpaired) electrons. The van der Waals surface area contributed by atoms with Crippen LogP contribution in [-0.2, 0) is 0 Å². The SMILES string of the molecule is COc1ccc2c(c1)[C@@H](NC(=O)c1ccc(OC)c(Cl)c1)CC(C)(C)O2. The number of hydrogen-bond donors (Lipinski definition) is 1. The maximum Gasteiger partial charge on any atom is 0.251 e. The molecular weight excluding hydrogens is 354 g/mol. The zero-order valence-corrected chi connectivity index (χ0v) is 16.0. The van der Waals surface area contributed by atoms with E-state index >= 15 is 0 Å². The van der Waals surface area contributed by atoms with Gasteiger partial charge in [-0.05, 0) is 50.2 Å². The molecule has 1 atom stereocenters. The number of halogens is 1. The summed E-state index contributed by atoms with van der Waals surface area (Å²) in [6, 6.07) is 10.4. The van der Waals surface area contributed by atoms with Gasteiger partial charge in [-0.2, -0.15) is 0 Å². The van der Waals surface area contributed by atoms with Gasteiger partial charge in [0.15, 0.2) is 0 Å². The highest BCUT2D eigenvalue weighted by Crippen LogP contribution is 2.41. The van der Waals surface area contributed by atoms with E-state index in [2.05, 4.69) is 5.32 Å². The Morgan fingerprint density at radius 2 is 1.96 bits per heavy atom. The average Bonchev–Trinajstić information content (AvgIpc) is 2.60. The summed E-state index contributed by atoms with van der Waals surface area (Å²) in [5.74, 6) is 1.80. The van der Waals surface area contributed by atoms with Crippen LogP contribution in [0.5, 0.6) is 17.2 Å². The molecule has 0 saturated carbocycles. The minimum absolute atomic E-state index is 0.197. The standard InChI is InChI=1S/C20H22ClNO4/c1-20(2)11-16(14-10-13(24-3)6-8-17(14)26-20)22-19(23)12-5-7-18(25-4)15(21)9-12/h5-10,16H,11H2,1-4H3,(H,22,23)/t16-/m0/s1. The number of methoxy groups -OCH3 is 2. The second kappa shape index (κ2) is 7.08. The molecule has 0 aliphatic carbocycles. The normalized spacial score (nSPS) is 17.7. The maximum atomic E-state index is 12.8. The molecule has 0 unspecified atom stereocenters. The molecule has 2 aromatic carbocycles. The molecule has 0 bridgehead atoms. The van der Waals surface area contributed by atoms with E-state index in [-0.39, 0.29) is 11.9 Å². The van der Waals surface area contributed by atoms with Crippen LogP contribution < -0.4 is 19.5 Å². The van der Waals surface area contributed by atoms with Gasteiger partial charge in [0.2, 0.25) is 0 Å². The van der Waals surface area contributed by atoms with Gasteiger partial charge in [-0.3, -0.25) is 4.79 Å². The Morgan fingerprint density at radius 3 is 2.62 bits per heavy atom. The predicted molar refractivity (Wildman–Crippen MR) is 101 cm³/mol. The molecule has 1 aliphatic heterocycles. The van der Waals surface area contributed by atoms with Crippen molar-refractivity contribution in [3.05, 3.63) is 52.5 Å². The molecule has 3 rings (SSSR count). The Kier molecular flexibility index (Phi) is 5.01. The smallest absolute Gasteiger partial charge is 0.251 e. The summed E-state index contributed by atoms with van der Waals surface area (Å²) in [5, 5.41) is 3.49. The Hall–Kier alpha value is -2.40. The number of ether oxygens (including phenoxy) is 3. The monoisotopic (exact) mass is 375 g/mol. The molecule has 1 amide bonds. The van der Waals surface area contributed by atoms with Crippen LogP contribution >= 0.6 is 11.6 Å². The fraction of sp³-hybridized carbons (Fsp3) is 0.350. The van der Waals surface area contributed by atoms with Gasteiger partial charge in [-0.1, -0.05) is 11.6 Å². The van der Waals surface area contributed by atoms with Gasteiger partial charge in [0.1, 0.15) is 22.8 Å². The van der Waals surface area contributed by atoms with Crippen molar-refractivity contribution in [2.75, 3.05) is 14.2 Å². The van der Waals surface area contributed by atoms with Gasteiger partial charge >= 0.3 is 0 Å². The summed E-state index contributed by atoms with van der Waals surface area (Å²) in [6.45, 7) is 4.01. The molecule has 2 aromatic rings. The number of fused-ring (bicyclic) bond motifs is 1. The lowest BCUT2D eigenvalue weighted by molar-refractivity contribution is 0.0618. The highest BCUT2D eigenvalue weighted by Gasteiger charge is 2.35. The van der Waals surface area contributed by atoms with Gasteiger partial charge in [0.25, 0.3) is 5.91 Å². The first-order valence-corrected chi connectivity index (χ1v) is 8.72. The van der Waals surface area contributed by atoms with Crippen molar-refractivity contribution in [2.24, 2.45) is 0 Å². The third kappa shape index (κ3) is 3.73. The van der Waals surface area contributed by atoms with Crippen LogP contribution in [0.4, 0.5) is 0 Å². The zero-order chi connectivity index (χ0) is 18.9. The van der Waals surface area contributed by atoms with Gasteiger partial charge in [0, 0.05) is 17.5 Å². The fourth-order valence-electron chi connectivity index (χ4n) is 3.14. The van der Waals surface area contributed by atoms with Crippen molar-refractivity contribution in [1.29, 1.82) is 0 Å². The molecular formula is C20H22ClNO4. The molecule has 6 heteroatoms. The van der Waals surface area contributed by atoms with Crippen LogP contribution in [-0.4, -0.2) is 25.7 Å². The molecule has 26 heavy (non-hydrogen) atoms. The third-order valence-electron chi connectivity index (χ3n) is 4.39. The minimum Gasteiger partial charge on any atom is -0.497 e. The first kappa shape index (κ1) is 18.4. The Labute approximate surface area is 158 Å². The number of benzene rings is 2. The number of carbonyl (C=O) groups excluding carboxylic acids is 1. The van der Waals surface area contributed by atoms with Crippen molar-refractivity contribution < 1.29 is 19.0 Å². The van der Waals surface area contributed by atoms with Crippen LogP contribution in [0.2, 0.25) is 5.02 Å². The quantitative estimate of drug-likeness (QED) is 0.861. The second-order valence-corrected chi connectivity index (χ2v) is 7.25. The lowest BCUT2D eigenvalue weighted by Crippen LogP contribution is -2.41. The highest BCUT2D eigenvalue weighted by atomic mass is 35.5. The van der Waals surface area contributed by atoms with E-state index in [1.165, 1.54) is 7.11 Å². The number of hydrogen-bond acceptors (Lipinski definition) is 4. The topological polar surface area (TPSA) is 56.8 Å². The highest BCUT2D eigenvalue weighted by molar-refractivity contribution is 6.32. The summed E-state index contributed by atoms with van der Waals surface area (Å²) in [4.78, 5) is 12.8. The van der Waals surface area contributed by atoms with E-state index < -0.39 is 5.60 Å².